The fourth-order valence-corrected chi connectivity index (χ4v) is 1.63. The molecular weight excluding hydrogens is 246 g/mol. The third kappa shape index (κ3) is 5.37. The lowest BCUT2D eigenvalue weighted by Gasteiger charge is -2.23. The second kappa shape index (κ2) is 7.35. The van der Waals surface area contributed by atoms with E-state index in [1.807, 2.05) is 25.1 Å². The van der Waals surface area contributed by atoms with Crippen molar-refractivity contribution >= 4 is 12.0 Å². The number of aromatic nitrogens is 1. The molecule has 0 aliphatic rings. The number of pyridine rings is 1. The number of hydrogen-bond acceptors (Lipinski definition) is 3. The number of carboxylic acid groups (broad SMARTS) is 1. The quantitative estimate of drug-likeness (QED) is 0.816. The van der Waals surface area contributed by atoms with E-state index in [4.69, 9.17) is 5.11 Å². The SMILES string of the molecule is CCN(Cc1ccccn1)C(=O)NC(C)CC(=O)O. The van der Waals surface area contributed by atoms with Gasteiger partial charge in [0.25, 0.3) is 0 Å². The molecule has 0 fully saturated rings. The van der Waals surface area contributed by atoms with Gasteiger partial charge < -0.3 is 15.3 Å². The summed E-state index contributed by atoms with van der Waals surface area (Å²) in [6.45, 7) is 4.47. The summed E-state index contributed by atoms with van der Waals surface area (Å²) < 4.78 is 0. The Labute approximate surface area is 112 Å². The first-order chi connectivity index (χ1) is 9.02. The molecule has 0 radical (unpaired) electrons. The predicted octanol–water partition coefficient (Wildman–Crippen LogP) is 1.48. The van der Waals surface area contributed by atoms with Gasteiger partial charge in [-0.3, -0.25) is 9.78 Å². The van der Waals surface area contributed by atoms with Crippen molar-refractivity contribution < 1.29 is 14.7 Å². The summed E-state index contributed by atoms with van der Waals surface area (Å²) in [7, 11) is 0. The Morgan fingerprint density at radius 1 is 1.47 bits per heavy atom. The van der Waals surface area contributed by atoms with Crippen molar-refractivity contribution in [1.29, 1.82) is 0 Å². The van der Waals surface area contributed by atoms with Gasteiger partial charge in [-0.2, -0.15) is 0 Å². The van der Waals surface area contributed by atoms with Crippen molar-refractivity contribution in [1.82, 2.24) is 15.2 Å². The van der Waals surface area contributed by atoms with Crippen molar-refractivity contribution in [2.75, 3.05) is 6.54 Å². The summed E-state index contributed by atoms with van der Waals surface area (Å²) in [5.74, 6) is -0.930. The van der Waals surface area contributed by atoms with Crippen LogP contribution >= 0.6 is 0 Å². The lowest BCUT2D eigenvalue weighted by Crippen LogP contribution is -2.44. The largest absolute Gasteiger partial charge is 0.481 e. The topological polar surface area (TPSA) is 82.5 Å². The van der Waals surface area contributed by atoms with Crippen LogP contribution in [0.15, 0.2) is 24.4 Å². The predicted molar refractivity (Wildman–Crippen MR) is 70.6 cm³/mol. The van der Waals surface area contributed by atoms with E-state index in [0.717, 1.165) is 5.69 Å². The number of hydrogen-bond donors (Lipinski definition) is 2. The molecule has 1 unspecified atom stereocenters. The summed E-state index contributed by atoms with van der Waals surface area (Å²) in [5.41, 5.74) is 0.797. The number of amides is 2. The van der Waals surface area contributed by atoms with Gasteiger partial charge in [0.2, 0.25) is 0 Å². The molecule has 0 bridgehead atoms. The van der Waals surface area contributed by atoms with Gasteiger partial charge in [0, 0.05) is 18.8 Å². The van der Waals surface area contributed by atoms with Crippen LogP contribution in [-0.4, -0.2) is 39.6 Å². The van der Waals surface area contributed by atoms with Crippen LogP contribution in [0.1, 0.15) is 26.0 Å². The van der Waals surface area contributed by atoms with Gasteiger partial charge in [-0.15, -0.1) is 0 Å². The van der Waals surface area contributed by atoms with Gasteiger partial charge in [-0.25, -0.2) is 4.79 Å². The van der Waals surface area contributed by atoms with Gasteiger partial charge in [-0.05, 0) is 26.0 Å². The molecule has 0 aliphatic heterocycles. The molecule has 0 spiro atoms. The number of carbonyl (C=O) groups excluding carboxylic acids is 1. The van der Waals surface area contributed by atoms with Crippen molar-refractivity contribution in [3.8, 4) is 0 Å². The highest BCUT2D eigenvalue weighted by atomic mass is 16.4. The normalized spacial score (nSPS) is 11.7. The third-order valence-electron chi connectivity index (χ3n) is 2.60. The third-order valence-corrected chi connectivity index (χ3v) is 2.60. The molecule has 2 amide bonds. The molecule has 6 heteroatoms. The zero-order valence-corrected chi connectivity index (χ0v) is 11.2. The van der Waals surface area contributed by atoms with Crippen LogP contribution in [0.3, 0.4) is 0 Å². The molecule has 1 rings (SSSR count). The first-order valence-corrected chi connectivity index (χ1v) is 6.20. The molecule has 1 aromatic heterocycles. The van der Waals surface area contributed by atoms with E-state index in [2.05, 4.69) is 10.3 Å². The highest BCUT2D eigenvalue weighted by Gasteiger charge is 2.16. The Morgan fingerprint density at radius 2 is 2.21 bits per heavy atom. The van der Waals surface area contributed by atoms with Crippen LogP contribution in [0.4, 0.5) is 4.79 Å². The van der Waals surface area contributed by atoms with Crippen LogP contribution in [0.2, 0.25) is 0 Å². The minimum atomic E-state index is -0.930. The van der Waals surface area contributed by atoms with Gasteiger partial charge in [0.15, 0.2) is 0 Å². The zero-order valence-electron chi connectivity index (χ0n) is 11.2. The number of carbonyl (C=O) groups is 2. The molecule has 19 heavy (non-hydrogen) atoms. The van der Waals surface area contributed by atoms with Gasteiger partial charge in [0.1, 0.15) is 0 Å². The molecule has 104 valence electrons. The molecule has 0 saturated heterocycles. The number of nitrogens with zero attached hydrogens (tertiary/aromatic N) is 2. The number of carboxylic acids is 1. The van der Waals surface area contributed by atoms with Crippen molar-refractivity contribution in [2.45, 2.75) is 32.9 Å². The fourth-order valence-electron chi connectivity index (χ4n) is 1.63. The average Bonchev–Trinajstić information content (AvgIpc) is 2.35. The Hall–Kier alpha value is -2.11. The maximum Gasteiger partial charge on any atom is 0.317 e. The monoisotopic (exact) mass is 265 g/mol. The maximum absolute atomic E-state index is 12.0. The van der Waals surface area contributed by atoms with Crippen LogP contribution in [0.5, 0.6) is 0 Å². The molecular formula is C13H19N3O3. The van der Waals surface area contributed by atoms with Crippen LogP contribution in [0, 0.1) is 0 Å². The minimum Gasteiger partial charge on any atom is -0.481 e. The fraction of sp³-hybridized carbons (Fsp3) is 0.462. The highest BCUT2D eigenvalue weighted by molar-refractivity contribution is 5.75. The first kappa shape index (κ1) is 14.9. The van der Waals surface area contributed by atoms with Crippen molar-refractivity contribution in [3.63, 3.8) is 0 Å². The van der Waals surface area contributed by atoms with E-state index in [0.29, 0.717) is 13.1 Å². The van der Waals surface area contributed by atoms with E-state index in [-0.39, 0.29) is 12.5 Å². The molecule has 2 N–H and O–H groups in total. The van der Waals surface area contributed by atoms with Gasteiger partial charge in [-0.1, -0.05) is 6.07 Å². The molecule has 1 atom stereocenters. The summed E-state index contributed by atoms with van der Waals surface area (Å²) in [4.78, 5) is 28.3. The Kier molecular flexibility index (Phi) is 5.78. The second-order valence-electron chi connectivity index (χ2n) is 4.28. The number of urea groups is 1. The lowest BCUT2D eigenvalue weighted by molar-refractivity contribution is -0.137. The molecule has 0 saturated carbocycles. The summed E-state index contributed by atoms with van der Waals surface area (Å²) in [5, 5.41) is 11.3. The maximum atomic E-state index is 12.0. The first-order valence-electron chi connectivity index (χ1n) is 6.20. The van der Waals surface area contributed by atoms with Crippen LogP contribution in [-0.2, 0) is 11.3 Å². The Morgan fingerprint density at radius 3 is 2.74 bits per heavy atom. The van der Waals surface area contributed by atoms with Gasteiger partial charge in [0.05, 0.1) is 18.7 Å². The smallest absolute Gasteiger partial charge is 0.317 e. The second-order valence-corrected chi connectivity index (χ2v) is 4.28. The minimum absolute atomic E-state index is 0.0904. The van der Waals surface area contributed by atoms with Gasteiger partial charge >= 0.3 is 12.0 Å². The lowest BCUT2D eigenvalue weighted by atomic mass is 10.2. The summed E-state index contributed by atoms with van der Waals surface area (Å²) >= 11 is 0. The van der Waals surface area contributed by atoms with E-state index in [1.54, 1.807) is 18.0 Å². The van der Waals surface area contributed by atoms with Crippen molar-refractivity contribution in [2.24, 2.45) is 0 Å². The molecule has 1 heterocycles. The Balaban J connectivity index is 2.54. The number of rotatable bonds is 6. The van der Waals surface area contributed by atoms with E-state index in [9.17, 15) is 9.59 Å². The summed E-state index contributed by atoms with van der Waals surface area (Å²) in [6.07, 6.45) is 1.58. The van der Waals surface area contributed by atoms with Crippen LogP contribution in [0.25, 0.3) is 0 Å². The van der Waals surface area contributed by atoms with E-state index in [1.165, 1.54) is 0 Å². The number of aliphatic carboxylic acids is 1. The van der Waals surface area contributed by atoms with E-state index >= 15 is 0 Å². The average molecular weight is 265 g/mol. The zero-order chi connectivity index (χ0) is 14.3. The number of nitrogens with one attached hydrogen (secondary N) is 1. The summed E-state index contributed by atoms with van der Waals surface area (Å²) in [6, 6.07) is 4.84. The molecule has 0 aliphatic carbocycles. The molecule has 1 aromatic rings. The Bertz CT molecular complexity index is 422. The molecule has 6 nitrogen and oxygen atoms in total. The van der Waals surface area contributed by atoms with E-state index < -0.39 is 12.0 Å². The standard InChI is InChI=1S/C13H19N3O3/c1-3-16(9-11-6-4-5-7-14-11)13(19)15-10(2)8-12(17)18/h4-7,10H,3,8-9H2,1-2H3,(H,15,19)(H,17,18). The van der Waals surface area contributed by atoms with Crippen molar-refractivity contribution in [3.05, 3.63) is 30.1 Å². The van der Waals surface area contributed by atoms with Crippen LogP contribution < -0.4 is 5.32 Å². The molecule has 0 aromatic carbocycles. The highest BCUT2D eigenvalue weighted by Crippen LogP contribution is 2.02.